The van der Waals surface area contributed by atoms with Crippen LogP contribution in [0.1, 0.15) is 0 Å². The second-order valence-corrected chi connectivity index (χ2v) is 7.24. The first-order chi connectivity index (χ1) is 11.7. The van der Waals surface area contributed by atoms with E-state index in [0.29, 0.717) is 10.7 Å². The summed E-state index contributed by atoms with van der Waals surface area (Å²) in [7, 11) is 0. The van der Waals surface area contributed by atoms with Gasteiger partial charge in [-0.25, -0.2) is 4.98 Å². The van der Waals surface area contributed by atoms with Crippen LogP contribution in [0.25, 0.3) is 10.2 Å². The monoisotopic (exact) mass is 369 g/mol. The summed E-state index contributed by atoms with van der Waals surface area (Å²) >= 11 is 9.08. The van der Waals surface area contributed by atoms with Crippen LogP contribution >= 0.6 is 34.7 Å². The van der Waals surface area contributed by atoms with Crippen molar-refractivity contribution in [2.24, 2.45) is 5.10 Å². The van der Waals surface area contributed by atoms with E-state index in [4.69, 9.17) is 22.1 Å². The zero-order valence-corrected chi connectivity index (χ0v) is 14.4. The van der Waals surface area contributed by atoms with Crippen molar-refractivity contribution in [3.63, 3.8) is 0 Å². The molecule has 116 valence electrons. The molecule has 0 saturated carbocycles. The third kappa shape index (κ3) is 3.66. The Bertz CT molecular complexity index is 964. The van der Waals surface area contributed by atoms with E-state index in [1.807, 2.05) is 30.3 Å². The number of anilines is 1. The highest BCUT2D eigenvalue weighted by Gasteiger charge is 2.10. The van der Waals surface area contributed by atoms with Crippen LogP contribution in [0.3, 0.4) is 0 Å². The van der Waals surface area contributed by atoms with Crippen molar-refractivity contribution in [1.29, 1.82) is 10.5 Å². The fourth-order valence-electron chi connectivity index (χ4n) is 1.86. The fraction of sp³-hybridized carbons (Fsp3) is 0. The first-order valence-corrected chi connectivity index (χ1v) is 8.67. The molecule has 5 nitrogen and oxygen atoms in total. The lowest BCUT2D eigenvalue weighted by Crippen LogP contribution is -1.97. The minimum Gasteiger partial charge on any atom is -0.275 e. The quantitative estimate of drug-likeness (QED) is 0.521. The van der Waals surface area contributed by atoms with Gasteiger partial charge in [0.1, 0.15) is 12.1 Å². The predicted octanol–water partition coefficient (Wildman–Crippen LogP) is 4.92. The van der Waals surface area contributed by atoms with Gasteiger partial charge < -0.3 is 0 Å². The van der Waals surface area contributed by atoms with E-state index in [1.165, 1.54) is 11.8 Å². The van der Waals surface area contributed by atoms with Crippen molar-refractivity contribution in [3.05, 3.63) is 47.5 Å². The van der Waals surface area contributed by atoms with E-state index in [2.05, 4.69) is 15.5 Å². The maximum absolute atomic E-state index is 8.76. The van der Waals surface area contributed by atoms with Gasteiger partial charge in [0.05, 0.1) is 15.9 Å². The van der Waals surface area contributed by atoms with E-state index < -0.39 is 0 Å². The SMILES string of the molecule is N#CC(C#N)=NNc1cc(Cl)ccc1Sc1nc2ccccc2s1. The van der Waals surface area contributed by atoms with Gasteiger partial charge in [0.2, 0.25) is 5.71 Å². The second kappa shape index (κ2) is 7.33. The molecule has 0 aliphatic carbocycles. The molecule has 8 heteroatoms. The molecule has 0 aliphatic rings. The highest BCUT2D eigenvalue weighted by Crippen LogP contribution is 2.38. The van der Waals surface area contributed by atoms with Crippen molar-refractivity contribution < 1.29 is 0 Å². The molecule has 0 spiro atoms. The second-order valence-electron chi connectivity index (χ2n) is 4.49. The number of nitrogens with one attached hydrogen (secondary N) is 1. The number of thiazole rings is 1. The van der Waals surface area contributed by atoms with Crippen LogP contribution in [-0.2, 0) is 0 Å². The Morgan fingerprint density at radius 3 is 2.75 bits per heavy atom. The van der Waals surface area contributed by atoms with Gasteiger partial charge in [-0.2, -0.15) is 15.6 Å². The molecule has 0 unspecified atom stereocenters. The molecule has 0 amide bonds. The third-order valence-electron chi connectivity index (χ3n) is 2.91. The standard InChI is InChI=1S/C16H8ClN5S2/c17-10-5-6-15(13(7-10)22-21-11(8-18)9-19)24-16-20-12-3-1-2-4-14(12)23-16/h1-7,22H. The number of hydrogen-bond acceptors (Lipinski definition) is 7. The zero-order chi connectivity index (χ0) is 16.9. The van der Waals surface area contributed by atoms with Gasteiger partial charge in [0.25, 0.3) is 0 Å². The zero-order valence-electron chi connectivity index (χ0n) is 12.0. The van der Waals surface area contributed by atoms with Crippen LogP contribution in [0.4, 0.5) is 5.69 Å². The minimum atomic E-state index is -0.258. The van der Waals surface area contributed by atoms with E-state index in [1.54, 1.807) is 35.6 Å². The molecule has 24 heavy (non-hydrogen) atoms. The Kier molecular flexibility index (Phi) is 4.97. The van der Waals surface area contributed by atoms with Crippen molar-refractivity contribution in [2.75, 3.05) is 5.43 Å². The number of para-hydroxylation sites is 1. The highest BCUT2D eigenvalue weighted by molar-refractivity contribution is 8.01. The molecular formula is C16H8ClN5S2. The van der Waals surface area contributed by atoms with E-state index >= 15 is 0 Å². The van der Waals surface area contributed by atoms with Crippen LogP contribution in [-0.4, -0.2) is 10.7 Å². The smallest absolute Gasteiger partial charge is 0.237 e. The lowest BCUT2D eigenvalue weighted by molar-refractivity contribution is 1.26. The molecule has 0 saturated heterocycles. The Morgan fingerprint density at radius 2 is 2.00 bits per heavy atom. The predicted molar refractivity (Wildman–Crippen MR) is 97.5 cm³/mol. The van der Waals surface area contributed by atoms with Gasteiger partial charge in [-0.15, -0.1) is 11.3 Å². The molecule has 1 aromatic heterocycles. The summed E-state index contributed by atoms with van der Waals surface area (Å²) < 4.78 is 1.99. The van der Waals surface area contributed by atoms with Crippen LogP contribution in [0, 0.1) is 22.7 Å². The fourth-order valence-corrected chi connectivity index (χ4v) is 4.12. The Hall–Kier alpha value is -2.58. The molecule has 0 aliphatic heterocycles. The Morgan fingerprint density at radius 1 is 1.21 bits per heavy atom. The van der Waals surface area contributed by atoms with Gasteiger partial charge >= 0.3 is 0 Å². The van der Waals surface area contributed by atoms with Crippen molar-refractivity contribution in [3.8, 4) is 12.1 Å². The average Bonchev–Trinajstić information content (AvgIpc) is 3.00. The average molecular weight is 370 g/mol. The summed E-state index contributed by atoms with van der Waals surface area (Å²) in [6.45, 7) is 0. The number of hydrogen-bond donors (Lipinski definition) is 1. The molecule has 1 N–H and O–H groups in total. The molecule has 3 rings (SSSR count). The van der Waals surface area contributed by atoms with Gasteiger partial charge in [-0.3, -0.25) is 5.43 Å². The molecule has 0 bridgehead atoms. The van der Waals surface area contributed by atoms with Gasteiger partial charge in [0, 0.05) is 9.92 Å². The lowest BCUT2D eigenvalue weighted by Gasteiger charge is -2.07. The topological polar surface area (TPSA) is 84.9 Å². The lowest BCUT2D eigenvalue weighted by atomic mass is 10.3. The molecule has 0 atom stereocenters. The molecular weight excluding hydrogens is 362 g/mol. The van der Waals surface area contributed by atoms with Crippen LogP contribution in [0.15, 0.2) is 56.8 Å². The van der Waals surface area contributed by atoms with Crippen molar-refractivity contribution >= 4 is 56.3 Å². The summed E-state index contributed by atoms with van der Waals surface area (Å²) in [5.41, 5.74) is 4.02. The normalized spacial score (nSPS) is 9.96. The van der Waals surface area contributed by atoms with Crippen molar-refractivity contribution in [1.82, 2.24) is 4.98 Å². The summed E-state index contributed by atoms with van der Waals surface area (Å²) in [6, 6.07) is 16.6. The Balaban J connectivity index is 1.91. The van der Waals surface area contributed by atoms with Gasteiger partial charge in [-0.05, 0) is 30.3 Å². The van der Waals surface area contributed by atoms with Crippen LogP contribution in [0.2, 0.25) is 5.02 Å². The number of hydrazone groups is 1. The van der Waals surface area contributed by atoms with Crippen LogP contribution in [0.5, 0.6) is 0 Å². The summed E-state index contributed by atoms with van der Waals surface area (Å²) in [5, 5.41) is 21.8. The number of rotatable bonds is 4. The van der Waals surface area contributed by atoms with Gasteiger partial charge in [0.15, 0.2) is 4.34 Å². The number of aromatic nitrogens is 1. The van der Waals surface area contributed by atoms with Crippen LogP contribution < -0.4 is 5.43 Å². The number of nitrogens with zero attached hydrogens (tertiary/aromatic N) is 4. The Labute approximate surface area is 151 Å². The molecule has 2 aromatic carbocycles. The molecule has 3 aromatic rings. The first kappa shape index (κ1) is 16.3. The summed E-state index contributed by atoms with van der Waals surface area (Å²) in [6.07, 6.45) is 0. The number of fused-ring (bicyclic) bond motifs is 1. The van der Waals surface area contributed by atoms with E-state index in [9.17, 15) is 0 Å². The summed E-state index contributed by atoms with van der Waals surface area (Å²) in [5.74, 6) is 0. The number of benzene rings is 2. The minimum absolute atomic E-state index is 0.258. The molecule has 0 radical (unpaired) electrons. The molecule has 0 fully saturated rings. The maximum Gasteiger partial charge on any atom is 0.237 e. The summed E-state index contributed by atoms with van der Waals surface area (Å²) in [4.78, 5) is 5.42. The third-order valence-corrected chi connectivity index (χ3v) is 5.32. The van der Waals surface area contributed by atoms with Gasteiger partial charge in [-0.1, -0.05) is 35.5 Å². The number of nitriles is 2. The largest absolute Gasteiger partial charge is 0.275 e. The van der Waals surface area contributed by atoms with E-state index in [-0.39, 0.29) is 5.71 Å². The molecule has 1 heterocycles. The first-order valence-electron chi connectivity index (χ1n) is 6.66. The van der Waals surface area contributed by atoms with Crippen molar-refractivity contribution in [2.45, 2.75) is 9.24 Å². The highest BCUT2D eigenvalue weighted by atomic mass is 35.5. The maximum atomic E-state index is 8.76. The van der Waals surface area contributed by atoms with E-state index in [0.717, 1.165) is 19.5 Å². The number of halogens is 1.